The van der Waals surface area contributed by atoms with E-state index in [4.69, 9.17) is 5.21 Å². The molecule has 0 spiro atoms. The number of hydrogen-bond donors (Lipinski definition) is 2. The fourth-order valence-corrected chi connectivity index (χ4v) is 0.637. The van der Waals surface area contributed by atoms with Crippen molar-refractivity contribution in [1.82, 2.24) is 5.32 Å². The van der Waals surface area contributed by atoms with Crippen LogP contribution in [-0.2, 0) is 0 Å². The molecule has 0 aliphatic heterocycles. The molecule has 0 fully saturated rings. The molecule has 0 saturated heterocycles. The average Bonchev–Trinajstić information content (AvgIpc) is 1.84. The molecule has 60 valence electrons. The highest BCUT2D eigenvalue weighted by molar-refractivity contribution is 5.68. The molecule has 3 nitrogen and oxygen atoms in total. The van der Waals surface area contributed by atoms with Crippen molar-refractivity contribution in [2.75, 3.05) is 6.54 Å². The Morgan fingerprint density at radius 2 is 2.20 bits per heavy atom. The molecule has 0 amide bonds. The summed E-state index contributed by atoms with van der Waals surface area (Å²) in [6, 6.07) is 0. The Kier molecular flexibility index (Phi) is 4.03. The first-order valence-corrected chi connectivity index (χ1v) is 3.56. The lowest BCUT2D eigenvalue weighted by molar-refractivity contribution is 0.315. The lowest BCUT2D eigenvalue weighted by Crippen LogP contribution is -2.41. The summed E-state index contributed by atoms with van der Waals surface area (Å²) in [6.45, 7) is 6.96. The van der Waals surface area contributed by atoms with Crippen molar-refractivity contribution in [3.05, 3.63) is 0 Å². The molecule has 2 N–H and O–H groups in total. The molecule has 0 aliphatic rings. The highest BCUT2D eigenvalue weighted by Gasteiger charge is 2.12. The zero-order valence-corrected chi connectivity index (χ0v) is 6.89. The first-order valence-electron chi connectivity index (χ1n) is 3.56. The van der Waals surface area contributed by atoms with Crippen LogP contribution >= 0.6 is 0 Å². The van der Waals surface area contributed by atoms with Crippen LogP contribution in [0.15, 0.2) is 5.16 Å². The van der Waals surface area contributed by atoms with Gasteiger partial charge < -0.3 is 10.5 Å². The molecule has 0 aromatic heterocycles. The molecule has 0 unspecified atom stereocenters. The van der Waals surface area contributed by atoms with Gasteiger partial charge in [0.15, 0.2) is 0 Å². The second-order valence-corrected chi connectivity index (χ2v) is 2.89. The minimum atomic E-state index is -0.190. The third-order valence-corrected chi connectivity index (χ3v) is 1.21. The molecular formula is C7H16N2O. The summed E-state index contributed by atoms with van der Waals surface area (Å²) in [5.41, 5.74) is -0.190. The monoisotopic (exact) mass is 144 g/mol. The van der Waals surface area contributed by atoms with Gasteiger partial charge in [-0.25, -0.2) is 0 Å². The minimum Gasteiger partial charge on any atom is -0.411 e. The summed E-state index contributed by atoms with van der Waals surface area (Å²) in [4.78, 5) is 0. The lowest BCUT2D eigenvalue weighted by Gasteiger charge is -2.19. The topological polar surface area (TPSA) is 44.6 Å². The summed E-state index contributed by atoms with van der Waals surface area (Å²) in [5, 5.41) is 14.4. The molecule has 10 heavy (non-hydrogen) atoms. The normalized spacial score (nSPS) is 12.7. The fraction of sp³-hybridized carbons (Fsp3) is 0.857. The molecule has 3 heteroatoms. The smallest absolute Gasteiger partial charge is 0.0631 e. The van der Waals surface area contributed by atoms with Gasteiger partial charge in [-0.3, -0.25) is 0 Å². The lowest BCUT2D eigenvalue weighted by atomic mass is 10.1. The van der Waals surface area contributed by atoms with E-state index < -0.39 is 0 Å². The summed E-state index contributed by atoms with van der Waals surface area (Å²) >= 11 is 0. The van der Waals surface area contributed by atoms with Crippen LogP contribution in [-0.4, -0.2) is 23.5 Å². The fourth-order valence-electron chi connectivity index (χ4n) is 0.637. The van der Waals surface area contributed by atoms with Gasteiger partial charge in [0.2, 0.25) is 0 Å². The van der Waals surface area contributed by atoms with E-state index in [0.717, 1.165) is 13.0 Å². The molecule has 0 atom stereocenters. The zero-order valence-electron chi connectivity index (χ0n) is 6.89. The highest BCUT2D eigenvalue weighted by atomic mass is 16.4. The van der Waals surface area contributed by atoms with Gasteiger partial charge in [-0.05, 0) is 26.8 Å². The van der Waals surface area contributed by atoms with Gasteiger partial charge in [0, 0.05) is 0 Å². The van der Waals surface area contributed by atoms with Crippen LogP contribution in [0.4, 0.5) is 0 Å². The zero-order chi connectivity index (χ0) is 8.04. The average molecular weight is 144 g/mol. The van der Waals surface area contributed by atoms with Crippen molar-refractivity contribution in [3.8, 4) is 0 Å². The first kappa shape index (κ1) is 9.43. The van der Waals surface area contributed by atoms with Gasteiger partial charge in [-0.1, -0.05) is 6.92 Å². The Morgan fingerprint density at radius 3 is 2.60 bits per heavy atom. The van der Waals surface area contributed by atoms with Crippen molar-refractivity contribution >= 4 is 6.21 Å². The van der Waals surface area contributed by atoms with Gasteiger partial charge in [0.05, 0.1) is 11.8 Å². The Bertz CT molecular complexity index is 110. The standard InChI is InChI=1S/C7H16N2O/c1-4-5-8-7(2,3)6-9-10/h6,8,10H,4-5H2,1-3H3/b9-6+. The molecular weight excluding hydrogens is 128 g/mol. The van der Waals surface area contributed by atoms with Crippen molar-refractivity contribution in [2.24, 2.45) is 5.16 Å². The maximum absolute atomic E-state index is 8.23. The van der Waals surface area contributed by atoms with Crippen LogP contribution in [0.1, 0.15) is 27.2 Å². The summed E-state index contributed by atoms with van der Waals surface area (Å²) in [6.07, 6.45) is 2.57. The molecule has 0 rings (SSSR count). The van der Waals surface area contributed by atoms with Crippen LogP contribution in [0.3, 0.4) is 0 Å². The maximum Gasteiger partial charge on any atom is 0.0631 e. The van der Waals surface area contributed by atoms with Crippen LogP contribution in [0.5, 0.6) is 0 Å². The molecule has 0 aliphatic carbocycles. The molecule has 0 heterocycles. The second-order valence-electron chi connectivity index (χ2n) is 2.89. The molecule has 0 bridgehead atoms. The van der Waals surface area contributed by atoms with E-state index >= 15 is 0 Å². The van der Waals surface area contributed by atoms with Gasteiger partial charge in [-0.2, -0.15) is 0 Å². The van der Waals surface area contributed by atoms with E-state index in [2.05, 4.69) is 17.4 Å². The van der Waals surface area contributed by atoms with Crippen LogP contribution < -0.4 is 5.32 Å². The SMILES string of the molecule is CCCNC(C)(C)/C=N/O. The number of nitrogens with one attached hydrogen (secondary N) is 1. The molecule has 0 aromatic rings. The van der Waals surface area contributed by atoms with Crippen molar-refractivity contribution in [3.63, 3.8) is 0 Å². The predicted molar refractivity (Wildman–Crippen MR) is 42.7 cm³/mol. The Morgan fingerprint density at radius 1 is 1.60 bits per heavy atom. The number of rotatable bonds is 4. The Balaban J connectivity index is 3.63. The van der Waals surface area contributed by atoms with Crippen molar-refractivity contribution in [2.45, 2.75) is 32.7 Å². The van der Waals surface area contributed by atoms with E-state index in [9.17, 15) is 0 Å². The van der Waals surface area contributed by atoms with Crippen LogP contribution in [0.25, 0.3) is 0 Å². The number of nitrogens with zero attached hydrogens (tertiary/aromatic N) is 1. The van der Waals surface area contributed by atoms with Crippen LogP contribution in [0.2, 0.25) is 0 Å². The third-order valence-electron chi connectivity index (χ3n) is 1.21. The van der Waals surface area contributed by atoms with E-state index in [1.165, 1.54) is 6.21 Å². The Hall–Kier alpha value is -0.570. The summed E-state index contributed by atoms with van der Waals surface area (Å²) < 4.78 is 0. The van der Waals surface area contributed by atoms with Gasteiger partial charge >= 0.3 is 0 Å². The van der Waals surface area contributed by atoms with E-state index in [0.29, 0.717) is 0 Å². The first-order chi connectivity index (χ1) is 4.62. The Labute approximate surface area is 62.1 Å². The van der Waals surface area contributed by atoms with E-state index in [1.807, 2.05) is 13.8 Å². The second kappa shape index (κ2) is 4.28. The van der Waals surface area contributed by atoms with E-state index in [1.54, 1.807) is 0 Å². The minimum absolute atomic E-state index is 0.190. The number of oxime groups is 1. The quantitative estimate of drug-likeness (QED) is 0.354. The van der Waals surface area contributed by atoms with Crippen LogP contribution in [0, 0.1) is 0 Å². The summed E-state index contributed by atoms with van der Waals surface area (Å²) in [7, 11) is 0. The largest absolute Gasteiger partial charge is 0.411 e. The predicted octanol–water partition coefficient (Wildman–Crippen LogP) is 1.22. The van der Waals surface area contributed by atoms with E-state index in [-0.39, 0.29) is 5.54 Å². The number of hydrogen-bond acceptors (Lipinski definition) is 3. The molecule has 0 aromatic carbocycles. The third kappa shape index (κ3) is 4.32. The van der Waals surface area contributed by atoms with Crippen molar-refractivity contribution < 1.29 is 5.21 Å². The maximum atomic E-state index is 8.23. The van der Waals surface area contributed by atoms with Gasteiger partial charge in [0.1, 0.15) is 0 Å². The van der Waals surface area contributed by atoms with Gasteiger partial charge in [0.25, 0.3) is 0 Å². The highest BCUT2D eigenvalue weighted by Crippen LogP contribution is 1.96. The molecule has 0 saturated carbocycles. The summed E-state index contributed by atoms with van der Waals surface area (Å²) in [5.74, 6) is 0. The van der Waals surface area contributed by atoms with Gasteiger partial charge in [-0.15, -0.1) is 5.16 Å². The molecule has 0 radical (unpaired) electrons. The van der Waals surface area contributed by atoms with Crippen molar-refractivity contribution in [1.29, 1.82) is 0 Å².